The van der Waals surface area contributed by atoms with Gasteiger partial charge in [-0.2, -0.15) is 0 Å². The normalized spacial score (nSPS) is 11.0. The van der Waals surface area contributed by atoms with Gasteiger partial charge in [0.15, 0.2) is 11.7 Å². The first-order chi connectivity index (χ1) is 14.9. The number of hydrogen-bond acceptors (Lipinski definition) is 4. The smallest absolute Gasteiger partial charge is 0.224 e. The van der Waals surface area contributed by atoms with E-state index in [9.17, 15) is 4.79 Å². The highest BCUT2D eigenvalue weighted by atomic mass is 16.4. The van der Waals surface area contributed by atoms with Gasteiger partial charge in [-0.1, -0.05) is 38.1 Å². The van der Waals surface area contributed by atoms with Crippen LogP contribution >= 0.6 is 0 Å². The molecule has 0 bridgehead atoms. The maximum Gasteiger partial charge on any atom is 0.224 e. The van der Waals surface area contributed by atoms with Gasteiger partial charge < -0.3 is 14.6 Å². The fourth-order valence-electron chi connectivity index (χ4n) is 3.60. The van der Waals surface area contributed by atoms with Crippen molar-refractivity contribution in [2.75, 3.05) is 23.3 Å². The molecule has 164 valence electrons. The van der Waals surface area contributed by atoms with E-state index in [0.29, 0.717) is 24.7 Å². The van der Waals surface area contributed by atoms with E-state index in [1.54, 1.807) is 6.20 Å². The van der Waals surface area contributed by atoms with Gasteiger partial charge in [-0.05, 0) is 56.0 Å². The minimum Gasteiger partial charge on any atom is -0.441 e. The van der Waals surface area contributed by atoms with E-state index in [2.05, 4.69) is 79.3 Å². The second-order valence-corrected chi connectivity index (χ2v) is 8.11. The molecular weight excluding hydrogens is 386 g/mol. The van der Waals surface area contributed by atoms with E-state index in [0.717, 1.165) is 35.7 Å². The molecule has 2 aromatic carbocycles. The third-order valence-electron chi connectivity index (χ3n) is 5.59. The third-order valence-corrected chi connectivity index (χ3v) is 5.59. The number of rotatable bonds is 9. The SMILES string of the molecule is CCN(CC)c1ccc(NC(=O)CCc2ncc(-c3ccc(C(C)C)cc3)o2)c(C)c1. The number of nitrogens with zero attached hydrogens (tertiary/aromatic N) is 2. The van der Waals surface area contributed by atoms with Gasteiger partial charge in [0.25, 0.3) is 0 Å². The number of nitrogens with one attached hydrogen (secondary N) is 1. The van der Waals surface area contributed by atoms with Crippen LogP contribution in [-0.4, -0.2) is 24.0 Å². The molecule has 1 heterocycles. The van der Waals surface area contributed by atoms with Crippen LogP contribution in [0.5, 0.6) is 0 Å². The molecule has 0 radical (unpaired) electrons. The van der Waals surface area contributed by atoms with E-state index in [1.807, 2.05) is 13.0 Å². The Morgan fingerprint density at radius 3 is 2.42 bits per heavy atom. The molecule has 5 nitrogen and oxygen atoms in total. The molecule has 1 aromatic heterocycles. The van der Waals surface area contributed by atoms with E-state index in [-0.39, 0.29) is 5.91 Å². The van der Waals surface area contributed by atoms with Crippen molar-refractivity contribution in [2.45, 2.75) is 53.4 Å². The highest BCUT2D eigenvalue weighted by Gasteiger charge is 2.11. The molecule has 3 aromatic rings. The zero-order chi connectivity index (χ0) is 22.4. The van der Waals surface area contributed by atoms with Gasteiger partial charge >= 0.3 is 0 Å². The molecule has 0 fully saturated rings. The Kier molecular flexibility index (Phi) is 7.50. The number of anilines is 2. The number of carbonyl (C=O) groups excluding carboxylic acids is 1. The first-order valence-electron chi connectivity index (χ1n) is 11.1. The number of carbonyl (C=O) groups is 1. The first kappa shape index (κ1) is 22.6. The van der Waals surface area contributed by atoms with Crippen LogP contribution in [0.15, 0.2) is 53.1 Å². The van der Waals surface area contributed by atoms with Gasteiger partial charge in [0.05, 0.1) is 6.20 Å². The van der Waals surface area contributed by atoms with Gasteiger partial charge in [0.2, 0.25) is 5.91 Å². The average Bonchev–Trinajstić information content (AvgIpc) is 3.24. The van der Waals surface area contributed by atoms with E-state index < -0.39 is 0 Å². The standard InChI is InChI=1S/C26H33N3O2/c1-6-29(7-2)22-12-13-23(19(5)16-22)28-25(30)14-15-26-27-17-24(31-26)21-10-8-20(9-11-21)18(3)4/h8-13,16-18H,6-7,14-15H2,1-5H3,(H,28,30). The number of aryl methyl sites for hydroxylation is 2. The van der Waals surface area contributed by atoms with Crippen LogP contribution in [0.4, 0.5) is 11.4 Å². The highest BCUT2D eigenvalue weighted by molar-refractivity contribution is 5.91. The number of oxazole rings is 1. The van der Waals surface area contributed by atoms with Gasteiger partial charge in [-0.15, -0.1) is 0 Å². The molecule has 0 unspecified atom stereocenters. The Labute approximate surface area is 185 Å². The summed E-state index contributed by atoms with van der Waals surface area (Å²) < 4.78 is 5.86. The Balaban J connectivity index is 1.57. The third kappa shape index (κ3) is 5.75. The largest absolute Gasteiger partial charge is 0.441 e. The number of amides is 1. The van der Waals surface area contributed by atoms with Gasteiger partial charge in [-0.3, -0.25) is 4.79 Å². The lowest BCUT2D eigenvalue weighted by Crippen LogP contribution is -2.22. The lowest BCUT2D eigenvalue weighted by atomic mass is 10.0. The molecule has 5 heteroatoms. The number of hydrogen-bond donors (Lipinski definition) is 1. The Morgan fingerprint density at radius 2 is 1.81 bits per heavy atom. The van der Waals surface area contributed by atoms with Crippen LogP contribution in [0.3, 0.4) is 0 Å². The molecule has 0 spiro atoms. The Bertz CT molecular complexity index is 1000. The quantitative estimate of drug-likeness (QED) is 0.449. The molecule has 0 aliphatic carbocycles. The monoisotopic (exact) mass is 419 g/mol. The zero-order valence-corrected chi connectivity index (χ0v) is 19.2. The summed E-state index contributed by atoms with van der Waals surface area (Å²) in [5, 5.41) is 3.01. The summed E-state index contributed by atoms with van der Waals surface area (Å²) in [6.07, 6.45) is 2.52. The minimum absolute atomic E-state index is 0.0419. The molecule has 3 rings (SSSR count). The van der Waals surface area contributed by atoms with Gasteiger partial charge in [0, 0.05) is 42.9 Å². The molecule has 0 atom stereocenters. The maximum absolute atomic E-state index is 12.5. The van der Waals surface area contributed by atoms with Crippen LogP contribution < -0.4 is 10.2 Å². The van der Waals surface area contributed by atoms with Crippen LogP contribution in [0.2, 0.25) is 0 Å². The summed E-state index contributed by atoms with van der Waals surface area (Å²) in [6.45, 7) is 12.6. The van der Waals surface area contributed by atoms with Crippen molar-refractivity contribution in [3.05, 3.63) is 65.7 Å². The summed E-state index contributed by atoms with van der Waals surface area (Å²) in [7, 11) is 0. The van der Waals surface area contributed by atoms with E-state index in [4.69, 9.17) is 4.42 Å². The van der Waals surface area contributed by atoms with Gasteiger partial charge in [0.1, 0.15) is 0 Å². The molecule has 1 amide bonds. The molecule has 0 saturated carbocycles. The topological polar surface area (TPSA) is 58.4 Å². The predicted octanol–water partition coefficient (Wildman–Crippen LogP) is 6.19. The summed E-state index contributed by atoms with van der Waals surface area (Å²) in [4.78, 5) is 19.1. The number of aromatic nitrogens is 1. The van der Waals surface area contributed by atoms with Crippen molar-refractivity contribution in [3.8, 4) is 11.3 Å². The Morgan fingerprint density at radius 1 is 1.10 bits per heavy atom. The second kappa shape index (κ2) is 10.3. The van der Waals surface area contributed by atoms with Crippen molar-refractivity contribution < 1.29 is 9.21 Å². The molecule has 0 saturated heterocycles. The molecule has 0 aliphatic rings. The van der Waals surface area contributed by atoms with Crippen LogP contribution in [-0.2, 0) is 11.2 Å². The Hall–Kier alpha value is -3.08. The van der Waals surface area contributed by atoms with Crippen molar-refractivity contribution in [2.24, 2.45) is 0 Å². The minimum atomic E-state index is -0.0419. The fourth-order valence-corrected chi connectivity index (χ4v) is 3.60. The fraction of sp³-hybridized carbons (Fsp3) is 0.385. The van der Waals surface area contributed by atoms with Crippen LogP contribution in [0.1, 0.15) is 57.1 Å². The number of benzene rings is 2. The zero-order valence-electron chi connectivity index (χ0n) is 19.2. The molecule has 31 heavy (non-hydrogen) atoms. The van der Waals surface area contributed by atoms with Crippen LogP contribution in [0, 0.1) is 6.92 Å². The predicted molar refractivity (Wildman–Crippen MR) is 128 cm³/mol. The summed E-state index contributed by atoms with van der Waals surface area (Å²) in [5.41, 5.74) is 5.37. The van der Waals surface area contributed by atoms with Gasteiger partial charge in [-0.25, -0.2) is 4.98 Å². The second-order valence-electron chi connectivity index (χ2n) is 8.11. The summed E-state index contributed by atoms with van der Waals surface area (Å²) >= 11 is 0. The highest BCUT2D eigenvalue weighted by Crippen LogP contribution is 2.25. The average molecular weight is 420 g/mol. The lowest BCUT2D eigenvalue weighted by molar-refractivity contribution is -0.116. The lowest BCUT2D eigenvalue weighted by Gasteiger charge is -2.22. The van der Waals surface area contributed by atoms with E-state index >= 15 is 0 Å². The summed E-state index contributed by atoms with van der Waals surface area (Å²) in [6, 6.07) is 14.5. The maximum atomic E-state index is 12.5. The van der Waals surface area contributed by atoms with E-state index in [1.165, 1.54) is 11.3 Å². The molecule has 1 N–H and O–H groups in total. The van der Waals surface area contributed by atoms with Crippen LogP contribution in [0.25, 0.3) is 11.3 Å². The van der Waals surface area contributed by atoms with Crippen molar-refractivity contribution >= 4 is 17.3 Å². The summed E-state index contributed by atoms with van der Waals surface area (Å²) in [5.74, 6) is 1.76. The van der Waals surface area contributed by atoms with Crippen molar-refractivity contribution in [1.82, 2.24) is 4.98 Å². The van der Waals surface area contributed by atoms with Crippen molar-refractivity contribution in [3.63, 3.8) is 0 Å². The molecular formula is C26H33N3O2. The van der Waals surface area contributed by atoms with Crippen molar-refractivity contribution in [1.29, 1.82) is 0 Å². The first-order valence-corrected chi connectivity index (χ1v) is 11.1. The molecule has 0 aliphatic heterocycles.